The Balaban J connectivity index is 2.06. The van der Waals surface area contributed by atoms with Crippen LogP contribution in [0, 0.1) is 0 Å². The van der Waals surface area contributed by atoms with Crippen LogP contribution in [0.4, 0.5) is 17.3 Å². The van der Waals surface area contributed by atoms with Crippen molar-refractivity contribution in [2.75, 3.05) is 23.4 Å². The van der Waals surface area contributed by atoms with Crippen molar-refractivity contribution in [1.82, 2.24) is 9.97 Å². The predicted octanol–water partition coefficient (Wildman–Crippen LogP) is -0.881. The molecule has 0 bridgehead atoms. The lowest BCUT2D eigenvalue weighted by Gasteiger charge is -2.16. The van der Waals surface area contributed by atoms with Gasteiger partial charge in [0.15, 0.2) is 11.6 Å². The fourth-order valence-corrected chi connectivity index (χ4v) is 1.82. The van der Waals surface area contributed by atoms with E-state index in [-0.39, 0.29) is 12.9 Å². The minimum Gasteiger partial charge on any atom is -0.435 e. The summed E-state index contributed by atoms with van der Waals surface area (Å²) in [6, 6.07) is 0. The van der Waals surface area contributed by atoms with Crippen molar-refractivity contribution >= 4 is 23.8 Å². The van der Waals surface area contributed by atoms with Crippen molar-refractivity contribution in [3.63, 3.8) is 0 Å². The molecular formula is C10H15N5O4. The van der Waals surface area contributed by atoms with E-state index in [4.69, 9.17) is 10.5 Å². The molecule has 1 aliphatic heterocycles. The molecule has 9 nitrogen and oxygen atoms in total. The topological polar surface area (TPSA) is 132 Å². The average molecular weight is 269 g/mol. The van der Waals surface area contributed by atoms with E-state index in [1.807, 2.05) is 0 Å². The number of rotatable bonds is 5. The number of nitrogens with two attached hydrogens (primary N) is 1. The van der Waals surface area contributed by atoms with Gasteiger partial charge in [-0.05, 0) is 0 Å². The summed E-state index contributed by atoms with van der Waals surface area (Å²) in [7, 11) is 1.68. The molecule has 1 aliphatic rings. The van der Waals surface area contributed by atoms with Crippen molar-refractivity contribution < 1.29 is 19.4 Å². The number of hydrogen-bond donors (Lipinski definition) is 4. The van der Waals surface area contributed by atoms with E-state index in [9.17, 15) is 9.90 Å². The number of nitrogen functional groups attached to an aromatic ring is 1. The highest BCUT2D eigenvalue weighted by molar-refractivity contribution is 5.74. The van der Waals surface area contributed by atoms with Gasteiger partial charge in [-0.1, -0.05) is 0 Å². The second-order valence-corrected chi connectivity index (χ2v) is 3.91. The highest BCUT2D eigenvalue weighted by Crippen LogP contribution is 2.27. The summed E-state index contributed by atoms with van der Waals surface area (Å²) in [4.78, 5) is 18.1. The Morgan fingerprint density at radius 2 is 2.42 bits per heavy atom. The highest BCUT2D eigenvalue weighted by atomic mass is 16.7. The van der Waals surface area contributed by atoms with Gasteiger partial charge >= 0.3 is 0 Å². The van der Waals surface area contributed by atoms with E-state index in [2.05, 4.69) is 25.3 Å². The summed E-state index contributed by atoms with van der Waals surface area (Å²) in [5.41, 5.74) is 6.22. The molecular weight excluding hydrogens is 254 g/mol. The third-order valence-electron chi connectivity index (χ3n) is 2.68. The standard InChI is InChI=1S/C10H15N5O4/c1-12-7-8(11)13-3-14-9(7)15-6-2-5(17)10(19-6)18-4-16/h3-6,10,12,17H,2H2,1H3,(H3,11,13,14,15)/t5?,6-,10+/m1/s1. The Morgan fingerprint density at radius 3 is 3.11 bits per heavy atom. The predicted molar refractivity (Wildman–Crippen MR) is 66.0 cm³/mol. The van der Waals surface area contributed by atoms with E-state index in [0.717, 1.165) is 0 Å². The Kier molecular flexibility index (Phi) is 3.97. The van der Waals surface area contributed by atoms with Gasteiger partial charge in [0, 0.05) is 13.5 Å². The van der Waals surface area contributed by atoms with Crippen LogP contribution in [-0.4, -0.2) is 47.2 Å². The second-order valence-electron chi connectivity index (χ2n) is 3.91. The number of carbonyl (C=O) groups is 1. The van der Waals surface area contributed by atoms with Gasteiger partial charge < -0.3 is 30.9 Å². The monoisotopic (exact) mass is 269 g/mol. The lowest BCUT2D eigenvalue weighted by Crippen LogP contribution is -2.24. The minimum atomic E-state index is -0.979. The molecule has 0 aliphatic carbocycles. The number of ether oxygens (including phenoxy) is 2. The van der Waals surface area contributed by atoms with Crippen LogP contribution in [0.5, 0.6) is 0 Å². The van der Waals surface area contributed by atoms with Gasteiger partial charge in [0.2, 0.25) is 6.29 Å². The molecule has 19 heavy (non-hydrogen) atoms. The fraction of sp³-hybridized carbons (Fsp3) is 0.500. The molecule has 0 spiro atoms. The third kappa shape index (κ3) is 2.83. The molecule has 2 rings (SSSR count). The molecule has 0 amide bonds. The van der Waals surface area contributed by atoms with Gasteiger partial charge in [0.25, 0.3) is 6.47 Å². The molecule has 1 saturated heterocycles. The summed E-state index contributed by atoms with van der Waals surface area (Å²) in [5, 5.41) is 15.4. The highest BCUT2D eigenvalue weighted by Gasteiger charge is 2.35. The van der Waals surface area contributed by atoms with Crippen molar-refractivity contribution in [2.45, 2.75) is 25.0 Å². The number of nitrogens with one attached hydrogen (secondary N) is 2. The SMILES string of the molecule is CNc1c(N)ncnc1N[C@H]1CC(O)[C@@H](OC=O)O1. The van der Waals surface area contributed by atoms with E-state index >= 15 is 0 Å². The lowest BCUT2D eigenvalue weighted by atomic mass is 10.2. The molecule has 104 valence electrons. The maximum Gasteiger partial charge on any atom is 0.295 e. The van der Waals surface area contributed by atoms with E-state index in [0.29, 0.717) is 17.3 Å². The molecule has 1 aromatic rings. The molecule has 1 unspecified atom stereocenters. The largest absolute Gasteiger partial charge is 0.435 e. The zero-order valence-corrected chi connectivity index (χ0v) is 10.2. The number of anilines is 3. The smallest absolute Gasteiger partial charge is 0.295 e. The van der Waals surface area contributed by atoms with Gasteiger partial charge in [0.1, 0.15) is 24.3 Å². The number of hydrogen-bond acceptors (Lipinski definition) is 9. The fourth-order valence-electron chi connectivity index (χ4n) is 1.82. The number of nitrogens with zero attached hydrogens (tertiary/aromatic N) is 2. The minimum absolute atomic E-state index is 0.234. The second kappa shape index (κ2) is 5.67. The van der Waals surface area contributed by atoms with Crippen LogP contribution in [0.15, 0.2) is 6.33 Å². The van der Waals surface area contributed by atoms with E-state index < -0.39 is 18.6 Å². The normalized spacial score (nSPS) is 25.9. The molecule has 5 N–H and O–H groups in total. The Morgan fingerprint density at radius 1 is 1.63 bits per heavy atom. The Labute approximate surface area is 109 Å². The molecule has 3 atom stereocenters. The molecule has 1 aromatic heterocycles. The van der Waals surface area contributed by atoms with Gasteiger partial charge in [0.05, 0.1) is 0 Å². The van der Waals surface area contributed by atoms with Gasteiger partial charge in [-0.15, -0.1) is 0 Å². The summed E-state index contributed by atoms with van der Waals surface area (Å²) < 4.78 is 9.91. The van der Waals surface area contributed by atoms with Gasteiger partial charge in [-0.2, -0.15) is 0 Å². The summed E-state index contributed by atoms with van der Waals surface area (Å²) >= 11 is 0. The molecule has 0 aromatic carbocycles. The van der Waals surface area contributed by atoms with Crippen molar-refractivity contribution in [3.05, 3.63) is 6.33 Å². The first-order valence-electron chi connectivity index (χ1n) is 5.63. The zero-order valence-electron chi connectivity index (χ0n) is 10.2. The zero-order chi connectivity index (χ0) is 13.8. The van der Waals surface area contributed by atoms with Gasteiger partial charge in [-0.25, -0.2) is 9.97 Å². The summed E-state index contributed by atoms with van der Waals surface area (Å²) in [6.45, 7) is 0.234. The summed E-state index contributed by atoms with van der Waals surface area (Å²) in [6.07, 6.45) is -0.844. The Bertz CT molecular complexity index is 458. The third-order valence-corrected chi connectivity index (χ3v) is 2.68. The van der Waals surface area contributed by atoms with Crippen molar-refractivity contribution in [3.8, 4) is 0 Å². The first kappa shape index (κ1) is 13.3. The van der Waals surface area contributed by atoms with E-state index in [1.54, 1.807) is 7.05 Å². The van der Waals surface area contributed by atoms with Crippen molar-refractivity contribution in [2.24, 2.45) is 0 Å². The first-order chi connectivity index (χ1) is 9.15. The quantitative estimate of drug-likeness (QED) is 0.503. The Hall–Kier alpha value is -2.13. The van der Waals surface area contributed by atoms with Crippen LogP contribution >= 0.6 is 0 Å². The maximum absolute atomic E-state index is 10.2. The molecule has 0 radical (unpaired) electrons. The van der Waals surface area contributed by atoms with Crippen LogP contribution in [-0.2, 0) is 14.3 Å². The number of carbonyl (C=O) groups excluding carboxylic acids is 1. The van der Waals surface area contributed by atoms with Crippen LogP contribution < -0.4 is 16.4 Å². The number of aliphatic hydroxyl groups excluding tert-OH is 1. The van der Waals surface area contributed by atoms with Crippen LogP contribution in [0.2, 0.25) is 0 Å². The maximum atomic E-state index is 10.2. The molecule has 9 heteroatoms. The lowest BCUT2D eigenvalue weighted by molar-refractivity contribution is -0.172. The van der Waals surface area contributed by atoms with Crippen LogP contribution in [0.25, 0.3) is 0 Å². The molecule has 1 fully saturated rings. The van der Waals surface area contributed by atoms with Crippen molar-refractivity contribution in [1.29, 1.82) is 0 Å². The van der Waals surface area contributed by atoms with E-state index in [1.165, 1.54) is 6.33 Å². The molecule has 2 heterocycles. The first-order valence-corrected chi connectivity index (χ1v) is 5.63. The molecule has 0 saturated carbocycles. The summed E-state index contributed by atoms with van der Waals surface area (Å²) in [5.74, 6) is 0.734. The number of aliphatic hydroxyl groups is 1. The van der Waals surface area contributed by atoms with Gasteiger partial charge in [-0.3, -0.25) is 4.79 Å². The number of aromatic nitrogens is 2. The van der Waals surface area contributed by atoms with Crippen LogP contribution in [0.1, 0.15) is 6.42 Å². The van der Waals surface area contributed by atoms with Crippen LogP contribution in [0.3, 0.4) is 0 Å². The average Bonchev–Trinajstić information content (AvgIpc) is 2.71.